The lowest BCUT2D eigenvalue weighted by atomic mass is 10.1. The highest BCUT2D eigenvalue weighted by atomic mass is 19.1. The summed E-state index contributed by atoms with van der Waals surface area (Å²) in [6.45, 7) is 0. The van der Waals surface area contributed by atoms with E-state index in [2.05, 4.69) is 5.16 Å². The van der Waals surface area contributed by atoms with Gasteiger partial charge >= 0.3 is 5.97 Å². The summed E-state index contributed by atoms with van der Waals surface area (Å²) in [7, 11) is 0. The van der Waals surface area contributed by atoms with Crippen molar-refractivity contribution in [3.05, 3.63) is 95.4 Å². The molecule has 4 nitrogen and oxygen atoms in total. The van der Waals surface area contributed by atoms with E-state index in [0.29, 0.717) is 17.8 Å². The maximum atomic E-state index is 13.2. The summed E-state index contributed by atoms with van der Waals surface area (Å²) in [5.74, 6) is -0.808. The van der Waals surface area contributed by atoms with E-state index >= 15 is 0 Å². The van der Waals surface area contributed by atoms with E-state index in [1.165, 1.54) is 18.2 Å². The molecule has 0 N–H and O–H groups in total. The van der Waals surface area contributed by atoms with Gasteiger partial charge in [0.1, 0.15) is 11.6 Å². The minimum atomic E-state index is -0.632. The fourth-order valence-electron chi connectivity index (χ4n) is 2.73. The maximum Gasteiger partial charge on any atom is 0.343 e. The zero-order valence-corrected chi connectivity index (χ0v) is 13.7. The molecule has 0 spiro atoms. The molecule has 0 fully saturated rings. The quantitative estimate of drug-likeness (QED) is 0.394. The van der Waals surface area contributed by atoms with E-state index in [1.54, 1.807) is 18.2 Å². The Hall–Kier alpha value is -3.47. The van der Waals surface area contributed by atoms with Gasteiger partial charge in [-0.2, -0.15) is 0 Å². The second-order valence-electron chi connectivity index (χ2n) is 5.85. The Labute approximate surface area is 148 Å². The average molecular weight is 347 g/mol. The maximum absolute atomic E-state index is 13.2. The number of esters is 1. The topological polar surface area (TPSA) is 52.3 Å². The van der Waals surface area contributed by atoms with Gasteiger partial charge in [-0.05, 0) is 35.9 Å². The fourth-order valence-corrected chi connectivity index (χ4v) is 2.73. The number of carbonyl (C=O) groups excluding carboxylic acids is 1. The number of nitrogens with zero attached hydrogens (tertiary/aromatic N) is 1. The van der Waals surface area contributed by atoms with Gasteiger partial charge in [0, 0.05) is 17.9 Å². The zero-order chi connectivity index (χ0) is 17.9. The third-order valence-corrected chi connectivity index (χ3v) is 4.00. The number of rotatable bonds is 4. The summed E-state index contributed by atoms with van der Waals surface area (Å²) in [5, 5.41) is 4.98. The fraction of sp³-hybridized carbons (Fsp3) is 0.0476. The number of benzene rings is 3. The lowest BCUT2D eigenvalue weighted by Gasteiger charge is -2.04. The minimum absolute atomic E-state index is 0.146. The molecule has 4 aromatic rings. The van der Waals surface area contributed by atoms with Crippen molar-refractivity contribution < 1.29 is 18.4 Å². The van der Waals surface area contributed by atoms with E-state index in [-0.39, 0.29) is 5.56 Å². The number of hydrogen-bond donors (Lipinski definition) is 0. The highest BCUT2D eigenvalue weighted by Gasteiger charge is 2.13. The van der Waals surface area contributed by atoms with Gasteiger partial charge in [-0.25, -0.2) is 9.18 Å². The van der Waals surface area contributed by atoms with Gasteiger partial charge in [-0.1, -0.05) is 41.6 Å². The molecular weight excluding hydrogens is 333 g/mol. The highest BCUT2D eigenvalue weighted by Crippen LogP contribution is 2.26. The molecule has 0 aliphatic heterocycles. The molecule has 0 atom stereocenters. The molecule has 1 heterocycles. The summed E-state index contributed by atoms with van der Waals surface area (Å²) in [6, 6.07) is 20.4. The van der Waals surface area contributed by atoms with Crippen molar-refractivity contribution in [3.63, 3.8) is 0 Å². The normalized spacial score (nSPS) is 10.8. The van der Waals surface area contributed by atoms with Crippen LogP contribution in [0.5, 0.6) is 5.75 Å². The number of carbonyl (C=O) groups is 1. The lowest BCUT2D eigenvalue weighted by molar-refractivity contribution is 0.0734. The molecular formula is C21H14FNO3. The van der Waals surface area contributed by atoms with E-state index < -0.39 is 11.8 Å². The van der Waals surface area contributed by atoms with Crippen LogP contribution in [0.25, 0.3) is 11.0 Å². The standard InChI is InChI=1S/C21H14FNO3/c22-16-8-4-7-15(12-16)21(24)25-17-9-10-18-19(23-26-20(18)13-17)11-14-5-2-1-3-6-14/h1-10,12-13H,11H2. The summed E-state index contributed by atoms with van der Waals surface area (Å²) >= 11 is 0. The average Bonchev–Trinajstić information content (AvgIpc) is 3.04. The first-order chi connectivity index (χ1) is 12.7. The third kappa shape index (κ3) is 3.32. The molecule has 0 aliphatic rings. The van der Waals surface area contributed by atoms with Crippen molar-refractivity contribution in [2.45, 2.75) is 6.42 Å². The minimum Gasteiger partial charge on any atom is -0.423 e. The smallest absolute Gasteiger partial charge is 0.343 e. The van der Waals surface area contributed by atoms with Crippen LogP contribution in [0, 0.1) is 5.82 Å². The third-order valence-electron chi connectivity index (χ3n) is 4.00. The predicted molar refractivity (Wildman–Crippen MR) is 94.6 cm³/mol. The summed E-state index contributed by atoms with van der Waals surface area (Å²) in [4.78, 5) is 12.1. The first-order valence-corrected chi connectivity index (χ1v) is 8.09. The van der Waals surface area contributed by atoms with Gasteiger partial charge in [-0.15, -0.1) is 0 Å². The first kappa shape index (κ1) is 16.0. The SMILES string of the molecule is O=C(Oc1ccc2c(Cc3ccccc3)noc2c1)c1cccc(F)c1. The Morgan fingerprint density at radius 3 is 2.65 bits per heavy atom. The van der Waals surface area contributed by atoms with E-state index in [4.69, 9.17) is 9.26 Å². The Morgan fingerprint density at radius 2 is 1.85 bits per heavy atom. The monoisotopic (exact) mass is 347 g/mol. The van der Waals surface area contributed by atoms with Crippen LogP contribution in [0.15, 0.2) is 77.3 Å². The summed E-state index contributed by atoms with van der Waals surface area (Å²) < 4.78 is 23.9. The molecule has 3 aromatic carbocycles. The van der Waals surface area contributed by atoms with Crippen LogP contribution in [0.4, 0.5) is 4.39 Å². The number of halogens is 1. The molecule has 0 aliphatic carbocycles. The van der Waals surface area contributed by atoms with Crippen molar-refractivity contribution in [2.75, 3.05) is 0 Å². The van der Waals surface area contributed by atoms with Gasteiger partial charge in [0.25, 0.3) is 0 Å². The predicted octanol–water partition coefficient (Wildman–Crippen LogP) is 4.78. The zero-order valence-electron chi connectivity index (χ0n) is 13.7. The van der Waals surface area contributed by atoms with Gasteiger partial charge in [-0.3, -0.25) is 0 Å². The first-order valence-electron chi connectivity index (χ1n) is 8.09. The Morgan fingerprint density at radius 1 is 1.00 bits per heavy atom. The van der Waals surface area contributed by atoms with Gasteiger partial charge in [0.15, 0.2) is 5.58 Å². The Balaban J connectivity index is 1.56. The van der Waals surface area contributed by atoms with Crippen LogP contribution >= 0.6 is 0 Å². The van der Waals surface area contributed by atoms with Crippen LogP contribution in [0.3, 0.4) is 0 Å². The lowest BCUT2D eigenvalue weighted by Crippen LogP contribution is -2.08. The van der Waals surface area contributed by atoms with Crippen LogP contribution < -0.4 is 4.74 Å². The highest BCUT2D eigenvalue weighted by molar-refractivity contribution is 5.91. The molecule has 0 radical (unpaired) electrons. The van der Waals surface area contributed by atoms with Gasteiger partial charge < -0.3 is 9.26 Å². The molecule has 0 amide bonds. The molecule has 4 rings (SSSR count). The number of aromatic nitrogens is 1. The summed E-state index contributed by atoms with van der Waals surface area (Å²) in [5.41, 5.74) is 2.62. The van der Waals surface area contributed by atoms with Crippen LogP contribution in [-0.4, -0.2) is 11.1 Å². The largest absolute Gasteiger partial charge is 0.423 e. The molecule has 0 saturated carbocycles. The second kappa shape index (κ2) is 6.80. The summed E-state index contributed by atoms with van der Waals surface area (Å²) in [6.07, 6.45) is 0.649. The molecule has 26 heavy (non-hydrogen) atoms. The number of hydrogen-bond acceptors (Lipinski definition) is 4. The molecule has 1 aromatic heterocycles. The van der Waals surface area contributed by atoms with E-state index in [0.717, 1.165) is 22.7 Å². The molecule has 0 unspecified atom stereocenters. The van der Waals surface area contributed by atoms with Gasteiger partial charge in [0.05, 0.1) is 11.3 Å². The Kier molecular flexibility index (Phi) is 4.19. The molecule has 0 saturated heterocycles. The Bertz CT molecular complexity index is 1070. The van der Waals surface area contributed by atoms with Crippen LogP contribution in [-0.2, 0) is 6.42 Å². The van der Waals surface area contributed by atoms with E-state index in [1.807, 2.05) is 30.3 Å². The van der Waals surface area contributed by atoms with Crippen LogP contribution in [0.2, 0.25) is 0 Å². The molecule has 0 bridgehead atoms. The van der Waals surface area contributed by atoms with Crippen molar-refractivity contribution >= 4 is 16.9 Å². The van der Waals surface area contributed by atoms with Crippen molar-refractivity contribution in [1.29, 1.82) is 0 Å². The molecule has 5 heteroatoms. The van der Waals surface area contributed by atoms with Crippen molar-refractivity contribution in [2.24, 2.45) is 0 Å². The number of fused-ring (bicyclic) bond motifs is 1. The van der Waals surface area contributed by atoms with Crippen molar-refractivity contribution in [1.82, 2.24) is 5.16 Å². The van der Waals surface area contributed by atoms with Crippen LogP contribution in [0.1, 0.15) is 21.6 Å². The van der Waals surface area contributed by atoms with E-state index in [9.17, 15) is 9.18 Å². The number of ether oxygens (including phenoxy) is 1. The van der Waals surface area contributed by atoms with Crippen molar-refractivity contribution in [3.8, 4) is 5.75 Å². The second-order valence-corrected chi connectivity index (χ2v) is 5.85. The van der Waals surface area contributed by atoms with Gasteiger partial charge in [0.2, 0.25) is 0 Å². The molecule has 128 valence electrons.